The summed E-state index contributed by atoms with van der Waals surface area (Å²) in [5, 5.41) is 0. The highest BCUT2D eigenvalue weighted by Crippen LogP contribution is 2.15. The normalized spacial score (nSPS) is 10.7. The maximum atomic E-state index is 4.07. The fourth-order valence-corrected chi connectivity index (χ4v) is 1.24. The Labute approximate surface area is 78.1 Å². The van der Waals surface area contributed by atoms with Crippen molar-refractivity contribution in [2.24, 2.45) is 5.92 Å². The van der Waals surface area contributed by atoms with Gasteiger partial charge in [0, 0.05) is 0 Å². The second kappa shape index (κ2) is 7.39. The zero-order valence-electron chi connectivity index (χ0n) is 9.03. The van der Waals surface area contributed by atoms with Crippen LogP contribution in [0.15, 0.2) is 12.2 Å². The number of allylic oxidation sites excluding steroid dienone is 1. The second-order valence-electron chi connectivity index (χ2n) is 3.98. The van der Waals surface area contributed by atoms with Crippen LogP contribution in [-0.4, -0.2) is 0 Å². The molecule has 0 N–H and O–H groups in total. The molecule has 0 amide bonds. The third-order valence-electron chi connectivity index (χ3n) is 2.42. The second-order valence-corrected chi connectivity index (χ2v) is 3.98. The molecule has 0 unspecified atom stereocenters. The first kappa shape index (κ1) is 11.7. The Hall–Kier alpha value is -0.260. The Kier molecular flexibility index (Phi) is 7.23. The predicted molar refractivity (Wildman–Crippen MR) is 57.4 cm³/mol. The molecular weight excluding hydrogens is 144 g/mol. The lowest BCUT2D eigenvalue weighted by Crippen LogP contribution is -1.92. The van der Waals surface area contributed by atoms with Crippen molar-refractivity contribution in [1.82, 2.24) is 0 Å². The molecule has 0 aliphatic heterocycles. The number of unbranched alkanes of at least 4 members (excludes halogenated alkanes) is 4. The van der Waals surface area contributed by atoms with Crippen LogP contribution in [0.4, 0.5) is 0 Å². The highest BCUT2D eigenvalue weighted by molar-refractivity contribution is 4.96. The standard InChI is InChI=1S/C12H24/c1-5-6-7-8-9-10-12(4)11(2)3/h11H,4-10H2,1-3H3. The molecule has 0 radical (unpaired) electrons. The van der Waals surface area contributed by atoms with Crippen LogP contribution in [0.1, 0.15) is 59.3 Å². The van der Waals surface area contributed by atoms with Gasteiger partial charge >= 0.3 is 0 Å². The lowest BCUT2D eigenvalue weighted by molar-refractivity contribution is 0.606. The van der Waals surface area contributed by atoms with Crippen molar-refractivity contribution in [3.05, 3.63) is 12.2 Å². The fraction of sp³-hybridized carbons (Fsp3) is 0.833. The van der Waals surface area contributed by atoms with E-state index in [9.17, 15) is 0 Å². The van der Waals surface area contributed by atoms with Gasteiger partial charge in [0.05, 0.1) is 0 Å². The van der Waals surface area contributed by atoms with Crippen LogP contribution in [-0.2, 0) is 0 Å². The molecule has 0 fully saturated rings. The first-order valence-electron chi connectivity index (χ1n) is 5.36. The van der Waals surface area contributed by atoms with Gasteiger partial charge in [0.15, 0.2) is 0 Å². The molecule has 0 aromatic heterocycles. The highest BCUT2D eigenvalue weighted by atomic mass is 14.0. The molecule has 0 nitrogen and oxygen atoms in total. The Bertz CT molecular complexity index is 111. The van der Waals surface area contributed by atoms with Crippen molar-refractivity contribution >= 4 is 0 Å². The van der Waals surface area contributed by atoms with Crippen LogP contribution in [0.3, 0.4) is 0 Å². The summed E-state index contributed by atoms with van der Waals surface area (Å²) in [4.78, 5) is 0. The smallest absolute Gasteiger partial charge is 0.0263 e. The predicted octanol–water partition coefficient (Wildman–Crippen LogP) is 4.56. The molecule has 12 heavy (non-hydrogen) atoms. The average molecular weight is 168 g/mol. The lowest BCUT2D eigenvalue weighted by atomic mass is 9.98. The van der Waals surface area contributed by atoms with Gasteiger partial charge in [0.25, 0.3) is 0 Å². The van der Waals surface area contributed by atoms with Crippen LogP contribution >= 0.6 is 0 Å². The molecule has 0 rings (SSSR count). The van der Waals surface area contributed by atoms with Crippen LogP contribution in [0.5, 0.6) is 0 Å². The fourth-order valence-electron chi connectivity index (χ4n) is 1.24. The first-order valence-corrected chi connectivity index (χ1v) is 5.36. The van der Waals surface area contributed by atoms with Gasteiger partial charge in [-0.05, 0) is 18.8 Å². The summed E-state index contributed by atoms with van der Waals surface area (Å²) in [7, 11) is 0. The van der Waals surface area contributed by atoms with Crippen LogP contribution in [0.25, 0.3) is 0 Å². The van der Waals surface area contributed by atoms with Gasteiger partial charge in [-0.15, -0.1) is 0 Å². The maximum absolute atomic E-state index is 4.07. The highest BCUT2D eigenvalue weighted by Gasteiger charge is 1.98. The van der Waals surface area contributed by atoms with Gasteiger partial charge in [0.1, 0.15) is 0 Å². The van der Waals surface area contributed by atoms with E-state index in [4.69, 9.17) is 0 Å². The molecule has 0 aliphatic rings. The lowest BCUT2D eigenvalue weighted by Gasteiger charge is -2.08. The Morgan fingerprint density at radius 3 is 2.17 bits per heavy atom. The van der Waals surface area contributed by atoms with E-state index in [0.717, 1.165) is 0 Å². The van der Waals surface area contributed by atoms with E-state index in [2.05, 4.69) is 27.4 Å². The van der Waals surface area contributed by atoms with Gasteiger partial charge in [-0.3, -0.25) is 0 Å². The third-order valence-corrected chi connectivity index (χ3v) is 2.42. The Morgan fingerprint density at radius 2 is 1.67 bits per heavy atom. The molecule has 0 saturated carbocycles. The molecule has 72 valence electrons. The zero-order valence-corrected chi connectivity index (χ0v) is 9.03. The molecule has 0 aliphatic carbocycles. The monoisotopic (exact) mass is 168 g/mol. The van der Waals surface area contributed by atoms with E-state index < -0.39 is 0 Å². The largest absolute Gasteiger partial charge is 0.0996 e. The Morgan fingerprint density at radius 1 is 1.08 bits per heavy atom. The zero-order chi connectivity index (χ0) is 9.40. The number of hydrogen-bond donors (Lipinski definition) is 0. The van der Waals surface area contributed by atoms with E-state index in [1.165, 1.54) is 44.1 Å². The summed E-state index contributed by atoms with van der Waals surface area (Å²) >= 11 is 0. The van der Waals surface area contributed by atoms with Gasteiger partial charge in [-0.2, -0.15) is 0 Å². The van der Waals surface area contributed by atoms with Crippen molar-refractivity contribution < 1.29 is 0 Å². The van der Waals surface area contributed by atoms with Crippen LogP contribution in [0, 0.1) is 5.92 Å². The quantitative estimate of drug-likeness (QED) is 0.386. The van der Waals surface area contributed by atoms with Crippen molar-refractivity contribution in [1.29, 1.82) is 0 Å². The van der Waals surface area contributed by atoms with Crippen molar-refractivity contribution in [2.45, 2.75) is 59.3 Å². The molecule has 0 heterocycles. The summed E-state index contributed by atoms with van der Waals surface area (Å²) in [6.45, 7) is 10.8. The first-order chi connectivity index (χ1) is 5.68. The van der Waals surface area contributed by atoms with Gasteiger partial charge in [0.2, 0.25) is 0 Å². The molecule has 0 heteroatoms. The molecule has 0 aromatic rings. The Balaban J connectivity index is 3.14. The van der Waals surface area contributed by atoms with Gasteiger partial charge < -0.3 is 0 Å². The maximum Gasteiger partial charge on any atom is -0.0263 e. The topological polar surface area (TPSA) is 0 Å². The molecular formula is C12H24. The van der Waals surface area contributed by atoms with Crippen LogP contribution < -0.4 is 0 Å². The van der Waals surface area contributed by atoms with Crippen molar-refractivity contribution in [3.8, 4) is 0 Å². The number of rotatable bonds is 7. The van der Waals surface area contributed by atoms with E-state index >= 15 is 0 Å². The molecule has 0 saturated heterocycles. The van der Waals surface area contributed by atoms with Gasteiger partial charge in [-0.25, -0.2) is 0 Å². The van der Waals surface area contributed by atoms with Crippen molar-refractivity contribution in [2.75, 3.05) is 0 Å². The van der Waals surface area contributed by atoms with Gasteiger partial charge in [-0.1, -0.05) is 58.6 Å². The summed E-state index contributed by atoms with van der Waals surface area (Å²) in [5.74, 6) is 0.677. The van der Waals surface area contributed by atoms with Crippen LogP contribution in [0.2, 0.25) is 0 Å². The molecule has 0 atom stereocenters. The minimum Gasteiger partial charge on any atom is -0.0996 e. The minimum absolute atomic E-state index is 0.677. The van der Waals surface area contributed by atoms with E-state index in [0.29, 0.717) is 5.92 Å². The van der Waals surface area contributed by atoms with Crippen molar-refractivity contribution in [3.63, 3.8) is 0 Å². The SMILES string of the molecule is C=C(CCCCCCC)C(C)C. The summed E-state index contributed by atoms with van der Waals surface area (Å²) < 4.78 is 0. The molecule has 0 aromatic carbocycles. The minimum atomic E-state index is 0.677. The number of hydrogen-bond acceptors (Lipinski definition) is 0. The summed E-state index contributed by atoms with van der Waals surface area (Å²) in [6.07, 6.45) is 8.11. The molecule has 0 spiro atoms. The summed E-state index contributed by atoms with van der Waals surface area (Å²) in [5.41, 5.74) is 1.42. The molecule has 0 bridgehead atoms. The summed E-state index contributed by atoms with van der Waals surface area (Å²) in [6, 6.07) is 0. The average Bonchev–Trinajstić information content (AvgIpc) is 2.03. The third kappa shape index (κ3) is 6.45. The van der Waals surface area contributed by atoms with E-state index in [1.54, 1.807) is 0 Å². The van der Waals surface area contributed by atoms with E-state index in [-0.39, 0.29) is 0 Å². The van der Waals surface area contributed by atoms with E-state index in [1.807, 2.05) is 0 Å².